The molecule has 2 bridgehead atoms. The van der Waals surface area contributed by atoms with Crippen LogP contribution in [0.25, 0.3) is 0 Å². The first-order chi connectivity index (χ1) is 10.1. The van der Waals surface area contributed by atoms with Crippen molar-refractivity contribution in [1.29, 1.82) is 0 Å². The Morgan fingerprint density at radius 2 is 1.52 bits per heavy atom. The summed E-state index contributed by atoms with van der Waals surface area (Å²) in [5, 5.41) is 0. The number of rotatable bonds is 3. The molecule has 3 aliphatic carbocycles. The molecule has 3 fully saturated rings. The zero-order valence-electron chi connectivity index (χ0n) is 12.5. The van der Waals surface area contributed by atoms with E-state index in [9.17, 15) is 40.3 Å². The molecule has 3 rings (SSSR count). The van der Waals surface area contributed by atoms with E-state index in [-0.39, 0.29) is 12.3 Å². The molecular weight excluding hydrogens is 333 g/mol. The van der Waals surface area contributed by atoms with Gasteiger partial charge < -0.3 is 0 Å². The van der Waals surface area contributed by atoms with E-state index in [4.69, 9.17) is 0 Å². The topological polar surface area (TPSA) is 34.1 Å². The molecule has 132 valence electrons. The third kappa shape index (κ3) is 2.14. The summed E-state index contributed by atoms with van der Waals surface area (Å²) >= 11 is 0. The first-order valence-electron chi connectivity index (χ1n) is 6.99. The van der Waals surface area contributed by atoms with Crippen LogP contribution in [0.3, 0.4) is 0 Å². The van der Waals surface area contributed by atoms with Gasteiger partial charge in [-0.05, 0) is 23.7 Å². The van der Waals surface area contributed by atoms with Crippen molar-refractivity contribution >= 4 is 11.6 Å². The first-order valence-corrected chi connectivity index (χ1v) is 6.99. The van der Waals surface area contributed by atoms with Crippen LogP contribution in [0.1, 0.15) is 27.2 Å². The average molecular weight is 348 g/mol. The number of carbonyl (C=O) groups excluding carboxylic acids is 2. The van der Waals surface area contributed by atoms with Crippen LogP contribution < -0.4 is 0 Å². The smallest absolute Gasteiger partial charge is 0.299 e. The molecule has 3 aliphatic rings. The van der Waals surface area contributed by atoms with Crippen LogP contribution in [0.2, 0.25) is 0 Å². The quantitative estimate of drug-likeness (QED) is 0.573. The van der Waals surface area contributed by atoms with Gasteiger partial charge in [-0.2, -0.15) is 30.7 Å². The molecule has 0 spiro atoms. The van der Waals surface area contributed by atoms with E-state index in [0.29, 0.717) is 0 Å². The van der Waals surface area contributed by atoms with Gasteiger partial charge in [0.2, 0.25) is 5.78 Å². The fourth-order valence-electron chi connectivity index (χ4n) is 3.93. The summed E-state index contributed by atoms with van der Waals surface area (Å²) in [4.78, 5) is 23.9. The van der Waals surface area contributed by atoms with Crippen molar-refractivity contribution in [3.8, 4) is 0 Å². The van der Waals surface area contributed by atoms with Gasteiger partial charge in [0, 0.05) is 5.92 Å². The van der Waals surface area contributed by atoms with Gasteiger partial charge in [0.1, 0.15) is 5.78 Å². The van der Waals surface area contributed by atoms with Crippen LogP contribution in [0.15, 0.2) is 0 Å². The molecule has 0 heterocycles. The lowest BCUT2D eigenvalue weighted by molar-refractivity contribution is -0.345. The predicted octanol–water partition coefficient (Wildman–Crippen LogP) is 3.89. The molecule has 0 saturated heterocycles. The highest BCUT2D eigenvalue weighted by Gasteiger charge is 2.78. The Morgan fingerprint density at radius 1 is 1.04 bits per heavy atom. The summed E-state index contributed by atoms with van der Waals surface area (Å²) in [7, 11) is 0. The lowest BCUT2D eigenvalue weighted by Gasteiger charge is -2.61. The summed E-state index contributed by atoms with van der Waals surface area (Å²) < 4.78 is 90.1. The van der Waals surface area contributed by atoms with Gasteiger partial charge in [-0.25, -0.2) is 0 Å². The van der Waals surface area contributed by atoms with Gasteiger partial charge in [-0.1, -0.05) is 20.8 Å². The summed E-state index contributed by atoms with van der Waals surface area (Å²) in [6, 6.07) is 0. The Kier molecular flexibility index (Phi) is 3.71. The van der Waals surface area contributed by atoms with Gasteiger partial charge in [0.15, 0.2) is 0 Å². The largest absolute Gasteiger partial charge is 0.460 e. The number of hydrogen-bond acceptors (Lipinski definition) is 2. The number of Topliss-reactive ketones (excluding diaryl/α,β-unsaturated/α-hetero) is 2. The van der Waals surface area contributed by atoms with Gasteiger partial charge in [-0.3, -0.25) is 9.59 Å². The first kappa shape index (κ1) is 18.2. The zero-order valence-corrected chi connectivity index (χ0v) is 12.5. The van der Waals surface area contributed by atoms with Gasteiger partial charge in [0.05, 0.1) is 5.92 Å². The maximum atomic E-state index is 13.6. The summed E-state index contributed by atoms with van der Waals surface area (Å²) in [6.45, 7) is 4.56. The molecule has 3 saturated carbocycles. The Morgan fingerprint density at radius 3 is 1.91 bits per heavy atom. The SMILES string of the molecule is CC1C(=O)C(C(=O)C(F)(F)C(F)(F)C(F)(F)F)C2CC1C2(C)C. The van der Waals surface area contributed by atoms with Crippen molar-refractivity contribution in [3.05, 3.63) is 0 Å². The minimum absolute atomic E-state index is 0.185. The second kappa shape index (κ2) is 4.69. The Hall–Kier alpha value is -1.15. The van der Waals surface area contributed by atoms with Crippen LogP contribution in [0, 0.1) is 29.1 Å². The number of fused-ring (bicyclic) bond motifs is 2. The average Bonchev–Trinajstić information content (AvgIpc) is 2.38. The molecule has 4 unspecified atom stereocenters. The molecule has 0 aromatic rings. The summed E-state index contributed by atoms with van der Waals surface area (Å²) in [6.07, 6.45) is -6.41. The molecule has 0 aromatic carbocycles. The van der Waals surface area contributed by atoms with Gasteiger partial charge in [0.25, 0.3) is 0 Å². The van der Waals surface area contributed by atoms with E-state index in [2.05, 4.69) is 0 Å². The molecule has 23 heavy (non-hydrogen) atoms. The molecule has 0 aliphatic heterocycles. The van der Waals surface area contributed by atoms with Crippen molar-refractivity contribution in [2.45, 2.75) is 45.2 Å². The highest BCUT2D eigenvalue weighted by molar-refractivity contribution is 6.08. The molecule has 0 radical (unpaired) electrons. The fourth-order valence-corrected chi connectivity index (χ4v) is 3.93. The molecule has 0 aromatic heterocycles. The monoisotopic (exact) mass is 348 g/mol. The summed E-state index contributed by atoms with van der Waals surface area (Å²) in [5.41, 5.74) is -0.739. The van der Waals surface area contributed by atoms with E-state index >= 15 is 0 Å². The number of halogens is 7. The van der Waals surface area contributed by atoms with Crippen molar-refractivity contribution in [1.82, 2.24) is 0 Å². The molecule has 9 heteroatoms. The van der Waals surface area contributed by atoms with E-state index in [0.717, 1.165) is 0 Å². The summed E-state index contributed by atoms with van der Waals surface area (Å²) in [5.74, 6) is -20.2. The molecule has 0 amide bonds. The maximum Gasteiger partial charge on any atom is 0.460 e. The lowest BCUT2D eigenvalue weighted by Crippen LogP contribution is -2.66. The molecule has 2 nitrogen and oxygen atoms in total. The van der Waals surface area contributed by atoms with Crippen LogP contribution in [0.5, 0.6) is 0 Å². The highest BCUT2D eigenvalue weighted by Crippen LogP contribution is 2.63. The van der Waals surface area contributed by atoms with E-state index in [1.807, 2.05) is 0 Å². The number of hydrogen-bond donors (Lipinski definition) is 0. The number of alkyl halides is 7. The van der Waals surface area contributed by atoms with Crippen molar-refractivity contribution in [2.75, 3.05) is 0 Å². The number of carbonyl (C=O) groups is 2. The second-order valence-electron chi connectivity index (χ2n) is 6.95. The molecular formula is C14H15F7O2. The lowest BCUT2D eigenvalue weighted by atomic mass is 9.41. The zero-order chi connectivity index (χ0) is 18.2. The highest BCUT2D eigenvalue weighted by atomic mass is 19.4. The normalized spacial score (nSPS) is 34.1. The van der Waals surface area contributed by atoms with Gasteiger partial charge >= 0.3 is 18.0 Å². The Bertz CT molecular complexity index is 550. The van der Waals surface area contributed by atoms with Crippen molar-refractivity contribution in [3.63, 3.8) is 0 Å². The second-order valence-corrected chi connectivity index (χ2v) is 6.95. The maximum absolute atomic E-state index is 13.6. The van der Waals surface area contributed by atoms with Crippen molar-refractivity contribution in [2.24, 2.45) is 29.1 Å². The van der Waals surface area contributed by atoms with Gasteiger partial charge in [-0.15, -0.1) is 0 Å². The van der Waals surface area contributed by atoms with E-state index in [1.54, 1.807) is 13.8 Å². The standard InChI is InChI=1S/C14H15F7O2/c1-5-6-4-7(11(6,2)3)8(9(5)22)10(23)12(15,16)13(17,18)14(19,20)21/h5-8H,4H2,1-3H3. The molecule has 4 atom stereocenters. The van der Waals surface area contributed by atoms with Crippen LogP contribution >= 0.6 is 0 Å². The minimum atomic E-state index is -6.59. The molecule has 0 N–H and O–H groups in total. The van der Waals surface area contributed by atoms with Crippen LogP contribution in [-0.4, -0.2) is 29.6 Å². The van der Waals surface area contributed by atoms with Crippen molar-refractivity contribution < 1.29 is 40.3 Å². The fraction of sp³-hybridized carbons (Fsp3) is 0.857. The third-order valence-corrected chi connectivity index (χ3v) is 5.52. The van der Waals surface area contributed by atoms with E-state index in [1.165, 1.54) is 6.92 Å². The van der Waals surface area contributed by atoms with E-state index < -0.39 is 52.8 Å². The van der Waals surface area contributed by atoms with Crippen LogP contribution in [-0.2, 0) is 9.59 Å². The number of ketones is 2. The predicted molar refractivity (Wildman–Crippen MR) is 64.0 cm³/mol. The Balaban J connectivity index is 2.41. The third-order valence-electron chi connectivity index (χ3n) is 5.52. The minimum Gasteiger partial charge on any atom is -0.299 e. The Labute approximate surface area is 127 Å². The van der Waals surface area contributed by atoms with Crippen LogP contribution in [0.4, 0.5) is 30.7 Å².